The average molecular weight is 693 g/mol. The molecule has 4 N–H and O–H groups in total. The molecule has 4 rings (SSSR count). The Balaban J connectivity index is 1.37. The molecule has 0 bridgehead atoms. The van der Waals surface area contributed by atoms with Gasteiger partial charge in [-0.05, 0) is 100 Å². The number of aliphatic carboxylic acids is 1. The van der Waals surface area contributed by atoms with Crippen LogP contribution in [-0.2, 0) is 43.7 Å². The van der Waals surface area contributed by atoms with Crippen molar-refractivity contribution in [3.63, 3.8) is 0 Å². The van der Waals surface area contributed by atoms with Crippen LogP contribution in [0.3, 0.4) is 0 Å². The van der Waals surface area contributed by atoms with E-state index in [0.717, 1.165) is 11.1 Å². The smallest absolute Gasteiger partial charge is 0.410 e. The molecule has 3 aromatic carbocycles. The number of anilines is 2. The average Bonchev–Trinajstić information content (AvgIpc) is 3.38. The van der Waals surface area contributed by atoms with Gasteiger partial charge in [0, 0.05) is 37.0 Å². The third-order valence-corrected chi connectivity index (χ3v) is 10.2. The van der Waals surface area contributed by atoms with Gasteiger partial charge in [0.15, 0.2) is 15.9 Å². The molecule has 1 heterocycles. The summed E-state index contributed by atoms with van der Waals surface area (Å²) in [6.45, 7) is 8.80. The van der Waals surface area contributed by atoms with Crippen molar-refractivity contribution in [2.45, 2.75) is 88.8 Å². The molecule has 3 aromatic rings. The molecular weight excluding hydrogens is 648 g/mol. The number of aryl methyl sites for hydroxylation is 1. The first-order valence-electron chi connectivity index (χ1n) is 16.0. The van der Waals surface area contributed by atoms with E-state index in [2.05, 4.69) is 16.0 Å². The summed E-state index contributed by atoms with van der Waals surface area (Å²) in [6.07, 6.45) is 0.659. The Hall–Kier alpha value is -4.91. The maximum Gasteiger partial charge on any atom is 0.410 e. The number of sulfone groups is 1. The fraction of sp³-hybridized carbons (Fsp3) is 0.389. The number of carbonyl (C=O) groups is 4. The van der Waals surface area contributed by atoms with E-state index in [1.54, 1.807) is 71.0 Å². The summed E-state index contributed by atoms with van der Waals surface area (Å²) in [6, 6.07) is 15.8. The zero-order valence-corrected chi connectivity index (χ0v) is 29.4. The van der Waals surface area contributed by atoms with Crippen LogP contribution in [-0.4, -0.2) is 60.2 Å². The molecule has 13 heteroatoms. The van der Waals surface area contributed by atoms with Crippen LogP contribution in [0.15, 0.2) is 65.6 Å². The van der Waals surface area contributed by atoms with E-state index in [0.29, 0.717) is 47.5 Å². The Morgan fingerprint density at radius 2 is 1.67 bits per heavy atom. The Morgan fingerprint density at radius 1 is 1.00 bits per heavy atom. The number of amides is 3. The molecule has 3 amide bonds. The van der Waals surface area contributed by atoms with Gasteiger partial charge in [0.2, 0.25) is 5.91 Å². The van der Waals surface area contributed by atoms with E-state index in [9.17, 15) is 32.7 Å². The Labute approximate surface area is 287 Å². The quantitative estimate of drug-likeness (QED) is 0.176. The molecule has 49 heavy (non-hydrogen) atoms. The summed E-state index contributed by atoms with van der Waals surface area (Å²) in [5, 5.41) is 17.8. The van der Waals surface area contributed by atoms with Gasteiger partial charge < -0.3 is 30.7 Å². The van der Waals surface area contributed by atoms with Gasteiger partial charge in [0.25, 0.3) is 5.91 Å². The van der Waals surface area contributed by atoms with Crippen molar-refractivity contribution in [1.29, 1.82) is 0 Å². The molecule has 0 saturated carbocycles. The molecule has 262 valence electrons. The van der Waals surface area contributed by atoms with Crippen molar-refractivity contribution < 1.29 is 37.4 Å². The van der Waals surface area contributed by atoms with E-state index in [-0.39, 0.29) is 29.7 Å². The lowest BCUT2D eigenvalue weighted by molar-refractivity contribution is -0.138. The highest BCUT2D eigenvalue weighted by atomic mass is 32.2. The predicted molar refractivity (Wildman–Crippen MR) is 186 cm³/mol. The first kappa shape index (κ1) is 36.9. The molecule has 0 radical (unpaired) electrons. The number of ether oxygens (including phenoxy) is 1. The number of fused-ring (bicyclic) bond motifs is 1. The number of nitrogens with one attached hydrogen (secondary N) is 3. The second-order valence-corrected chi connectivity index (χ2v) is 15.8. The Bertz CT molecular complexity index is 1830. The summed E-state index contributed by atoms with van der Waals surface area (Å²) in [5.74, 6) is -1.52. The second-order valence-electron chi connectivity index (χ2n) is 13.4. The summed E-state index contributed by atoms with van der Waals surface area (Å²) >= 11 is 0. The second kappa shape index (κ2) is 15.1. The number of carbonyl (C=O) groups excluding carboxylic acids is 3. The standard InChI is InChI=1S/C36H44N4O8S/c1-22(2)49(46,47)30-17-16-27(18-26(30)21-40(6)35(45)48-36(3,4)5)38-31(41)9-7-8-23-10-12-24(13-11-23)32(34(43)44)39-28-15-14-25-20-37-33(42)29(25)19-28/h10-19,22,32,39H,7-9,20-21H2,1-6H3,(H,37,42)(H,38,41)(H,43,44). The van der Waals surface area contributed by atoms with Gasteiger partial charge in [-0.15, -0.1) is 0 Å². The van der Waals surface area contributed by atoms with Crippen molar-refractivity contribution in [2.75, 3.05) is 17.7 Å². The lowest BCUT2D eigenvalue weighted by Gasteiger charge is -2.25. The molecule has 12 nitrogen and oxygen atoms in total. The lowest BCUT2D eigenvalue weighted by atomic mass is 10.0. The number of carboxylic acids is 1. The molecular formula is C36H44N4O8S. The molecule has 1 unspecified atom stereocenters. The monoisotopic (exact) mass is 692 g/mol. The first-order chi connectivity index (χ1) is 22.9. The summed E-state index contributed by atoms with van der Waals surface area (Å²) in [7, 11) is -2.16. The number of hydrogen-bond donors (Lipinski definition) is 4. The highest BCUT2D eigenvalue weighted by molar-refractivity contribution is 7.92. The molecule has 0 saturated heterocycles. The topological polar surface area (TPSA) is 171 Å². The highest BCUT2D eigenvalue weighted by Gasteiger charge is 2.27. The van der Waals surface area contributed by atoms with Crippen LogP contribution < -0.4 is 16.0 Å². The zero-order valence-electron chi connectivity index (χ0n) is 28.6. The normalized spacial score (nSPS) is 13.3. The number of hydrogen-bond acceptors (Lipinski definition) is 8. The van der Waals surface area contributed by atoms with Gasteiger partial charge in [-0.25, -0.2) is 18.0 Å². The zero-order chi connectivity index (χ0) is 36.1. The fourth-order valence-electron chi connectivity index (χ4n) is 5.28. The van der Waals surface area contributed by atoms with Gasteiger partial charge in [0.1, 0.15) is 5.60 Å². The van der Waals surface area contributed by atoms with Crippen LogP contribution in [0.5, 0.6) is 0 Å². The van der Waals surface area contributed by atoms with E-state index in [1.165, 1.54) is 24.1 Å². The van der Waals surface area contributed by atoms with Crippen molar-refractivity contribution in [3.05, 3.63) is 88.5 Å². The first-order valence-corrected chi connectivity index (χ1v) is 17.6. The maximum atomic E-state index is 13.1. The van der Waals surface area contributed by atoms with Crippen molar-refractivity contribution >= 4 is 45.1 Å². The number of nitrogens with zero attached hydrogens (tertiary/aromatic N) is 1. The molecule has 0 aliphatic carbocycles. The molecule has 0 spiro atoms. The minimum atomic E-state index is -3.68. The van der Waals surface area contributed by atoms with E-state index in [4.69, 9.17) is 4.74 Å². The Morgan fingerprint density at radius 3 is 2.31 bits per heavy atom. The minimum absolute atomic E-state index is 0.0430. The lowest BCUT2D eigenvalue weighted by Crippen LogP contribution is -2.34. The van der Waals surface area contributed by atoms with Crippen LogP contribution in [0.25, 0.3) is 0 Å². The molecule has 0 fully saturated rings. The third-order valence-electron chi connectivity index (χ3n) is 7.92. The molecule has 1 aliphatic rings. The van der Waals surface area contributed by atoms with Gasteiger partial charge in [-0.1, -0.05) is 30.3 Å². The van der Waals surface area contributed by atoms with Crippen LogP contribution in [0.2, 0.25) is 0 Å². The number of benzene rings is 3. The van der Waals surface area contributed by atoms with Gasteiger partial charge in [-0.2, -0.15) is 0 Å². The fourth-order valence-corrected chi connectivity index (χ4v) is 6.54. The van der Waals surface area contributed by atoms with Crippen LogP contribution in [0.4, 0.5) is 16.2 Å². The molecule has 0 aromatic heterocycles. The van der Waals surface area contributed by atoms with Crippen molar-refractivity contribution in [3.8, 4) is 0 Å². The van der Waals surface area contributed by atoms with Crippen molar-refractivity contribution in [2.24, 2.45) is 0 Å². The summed E-state index contributed by atoms with van der Waals surface area (Å²) in [5.41, 5.74) is 3.41. The summed E-state index contributed by atoms with van der Waals surface area (Å²) < 4.78 is 31.6. The Kier molecular flexibility index (Phi) is 11.4. The maximum absolute atomic E-state index is 13.1. The van der Waals surface area contributed by atoms with Gasteiger partial charge in [-0.3, -0.25) is 9.59 Å². The minimum Gasteiger partial charge on any atom is -0.479 e. The van der Waals surface area contributed by atoms with Gasteiger partial charge >= 0.3 is 12.1 Å². The van der Waals surface area contributed by atoms with Crippen LogP contribution in [0.1, 0.15) is 86.1 Å². The van der Waals surface area contributed by atoms with E-state index < -0.39 is 38.8 Å². The van der Waals surface area contributed by atoms with E-state index in [1.807, 2.05) is 12.1 Å². The highest BCUT2D eigenvalue weighted by Crippen LogP contribution is 2.27. The summed E-state index contributed by atoms with van der Waals surface area (Å²) in [4.78, 5) is 50.9. The van der Waals surface area contributed by atoms with E-state index >= 15 is 0 Å². The predicted octanol–water partition coefficient (Wildman–Crippen LogP) is 5.68. The van der Waals surface area contributed by atoms with Gasteiger partial charge in [0.05, 0.1) is 16.7 Å². The van der Waals surface area contributed by atoms with Crippen LogP contribution in [0, 0.1) is 0 Å². The number of carboxylic acid groups (broad SMARTS) is 1. The largest absolute Gasteiger partial charge is 0.479 e. The molecule has 1 aliphatic heterocycles. The molecule has 1 atom stereocenters. The van der Waals surface area contributed by atoms with Crippen molar-refractivity contribution in [1.82, 2.24) is 10.2 Å². The SMILES string of the molecule is CC(C)S(=O)(=O)c1ccc(NC(=O)CCCc2ccc(C(Nc3ccc4c(c3)C(=O)NC4)C(=O)O)cc2)cc1CN(C)C(=O)OC(C)(C)C. The van der Waals surface area contributed by atoms with Crippen LogP contribution >= 0.6 is 0 Å². The number of rotatable bonds is 13. The third kappa shape index (κ3) is 9.59.